The minimum absolute atomic E-state index is 0.378. The van der Waals surface area contributed by atoms with Crippen molar-refractivity contribution in [1.82, 2.24) is 18.7 Å². The Balaban J connectivity index is 1.71. The van der Waals surface area contributed by atoms with Gasteiger partial charge in [-0.05, 0) is 19.1 Å². The zero-order valence-electron chi connectivity index (χ0n) is 11.8. The van der Waals surface area contributed by atoms with Crippen LogP contribution in [0.5, 0.6) is 0 Å². The summed E-state index contributed by atoms with van der Waals surface area (Å²) in [5.74, 6) is 0.967. The molecule has 2 aromatic heterocycles. The normalized spacial score (nSPS) is 18.7. The molecule has 3 aromatic rings. The van der Waals surface area contributed by atoms with Crippen LogP contribution in [-0.2, 0) is 0 Å². The maximum atomic E-state index is 9.65. The van der Waals surface area contributed by atoms with Crippen molar-refractivity contribution >= 4 is 33.5 Å². The minimum atomic E-state index is -0.378. The Kier molecular flexibility index (Phi) is 3.06. The lowest BCUT2D eigenvalue weighted by atomic mass is 10.3. The van der Waals surface area contributed by atoms with Gasteiger partial charge in [-0.15, -0.1) is 0 Å². The van der Waals surface area contributed by atoms with Crippen molar-refractivity contribution < 1.29 is 5.11 Å². The Morgan fingerprint density at radius 1 is 1.19 bits per heavy atom. The van der Waals surface area contributed by atoms with Crippen LogP contribution in [0.2, 0.25) is 0 Å². The number of nitrogens with zero attached hydrogens (tertiary/aromatic N) is 5. The summed E-state index contributed by atoms with van der Waals surface area (Å²) in [6.45, 7) is 5.26. The molecule has 6 nitrogen and oxygen atoms in total. The van der Waals surface area contributed by atoms with E-state index in [4.69, 9.17) is 0 Å². The van der Waals surface area contributed by atoms with E-state index in [2.05, 4.69) is 29.6 Å². The Labute approximate surface area is 126 Å². The molecule has 1 aromatic carbocycles. The highest BCUT2D eigenvalue weighted by Crippen LogP contribution is 2.26. The first-order valence-electron chi connectivity index (χ1n) is 7.14. The van der Waals surface area contributed by atoms with Crippen LogP contribution in [0.3, 0.4) is 0 Å². The Bertz CT molecular complexity index is 772. The zero-order chi connectivity index (χ0) is 14.4. The summed E-state index contributed by atoms with van der Waals surface area (Å²) >= 11 is 1.44. The van der Waals surface area contributed by atoms with Gasteiger partial charge in [0.2, 0.25) is 10.9 Å². The largest absolute Gasteiger partial charge is 0.379 e. The van der Waals surface area contributed by atoms with Crippen molar-refractivity contribution in [2.75, 3.05) is 31.1 Å². The lowest BCUT2D eigenvalue weighted by Crippen LogP contribution is -2.50. The molecule has 1 aliphatic heterocycles. The summed E-state index contributed by atoms with van der Waals surface area (Å²) in [4.78, 5) is 9.90. The summed E-state index contributed by atoms with van der Waals surface area (Å²) in [7, 11) is 0. The highest BCUT2D eigenvalue weighted by molar-refractivity contribution is 7.11. The first kappa shape index (κ1) is 13.0. The topological polar surface area (TPSA) is 56.9 Å². The first-order chi connectivity index (χ1) is 10.2. The maximum absolute atomic E-state index is 9.65. The lowest BCUT2D eigenvalue weighted by molar-refractivity contribution is 0.0151. The van der Waals surface area contributed by atoms with E-state index in [9.17, 15) is 5.11 Å². The molecule has 0 radical (unpaired) electrons. The van der Waals surface area contributed by atoms with Gasteiger partial charge in [0.15, 0.2) is 0 Å². The number of hydrogen-bond donors (Lipinski definition) is 1. The van der Waals surface area contributed by atoms with E-state index in [1.807, 2.05) is 25.1 Å². The van der Waals surface area contributed by atoms with Crippen LogP contribution in [0.15, 0.2) is 24.3 Å². The van der Waals surface area contributed by atoms with Gasteiger partial charge in [0, 0.05) is 37.7 Å². The van der Waals surface area contributed by atoms with E-state index in [0.29, 0.717) is 0 Å². The predicted molar refractivity (Wildman–Crippen MR) is 83.8 cm³/mol. The molecule has 1 aliphatic rings. The fourth-order valence-corrected chi connectivity index (χ4v) is 3.64. The number of imidazole rings is 1. The number of fused-ring (bicyclic) bond motifs is 3. The van der Waals surface area contributed by atoms with Crippen molar-refractivity contribution in [3.8, 4) is 0 Å². The number of piperazine rings is 1. The summed E-state index contributed by atoms with van der Waals surface area (Å²) in [5, 5.41) is 9.65. The fraction of sp³-hybridized carbons (Fsp3) is 0.429. The lowest BCUT2D eigenvalue weighted by Gasteiger charge is -2.36. The van der Waals surface area contributed by atoms with Crippen LogP contribution < -0.4 is 4.90 Å². The maximum Gasteiger partial charge on any atom is 0.223 e. The average molecular weight is 303 g/mol. The van der Waals surface area contributed by atoms with E-state index < -0.39 is 0 Å². The van der Waals surface area contributed by atoms with Crippen LogP contribution >= 0.6 is 11.5 Å². The van der Waals surface area contributed by atoms with Gasteiger partial charge in [-0.1, -0.05) is 12.1 Å². The molecule has 1 N–H and O–H groups in total. The quantitative estimate of drug-likeness (QED) is 0.775. The molecule has 0 amide bonds. The third-order valence-corrected chi connectivity index (χ3v) is 4.76. The second kappa shape index (κ2) is 4.94. The summed E-state index contributed by atoms with van der Waals surface area (Å²) in [5.41, 5.74) is 2.12. The van der Waals surface area contributed by atoms with Gasteiger partial charge < -0.3 is 10.0 Å². The molecule has 0 bridgehead atoms. The second-order valence-corrected chi connectivity index (χ2v) is 6.09. The molecule has 3 heterocycles. The number of hydrogen-bond acceptors (Lipinski definition) is 6. The highest BCUT2D eigenvalue weighted by atomic mass is 32.1. The van der Waals surface area contributed by atoms with E-state index in [1.165, 1.54) is 11.5 Å². The van der Waals surface area contributed by atoms with E-state index in [1.54, 1.807) is 0 Å². The number of para-hydroxylation sites is 2. The molecule has 4 rings (SSSR count). The highest BCUT2D eigenvalue weighted by Gasteiger charge is 2.24. The van der Waals surface area contributed by atoms with Crippen LogP contribution in [0.25, 0.3) is 16.0 Å². The van der Waals surface area contributed by atoms with Crippen molar-refractivity contribution in [2.24, 2.45) is 0 Å². The minimum Gasteiger partial charge on any atom is -0.379 e. The number of aliphatic hydroxyl groups excluding tert-OH is 1. The molecule has 1 saturated heterocycles. The third-order valence-electron chi connectivity index (χ3n) is 4.06. The fourth-order valence-electron chi connectivity index (χ4n) is 2.88. The number of aromatic nitrogens is 3. The van der Waals surface area contributed by atoms with Gasteiger partial charge >= 0.3 is 0 Å². The van der Waals surface area contributed by atoms with Gasteiger partial charge in [0.1, 0.15) is 6.23 Å². The van der Waals surface area contributed by atoms with Crippen LogP contribution in [0.1, 0.15) is 6.92 Å². The van der Waals surface area contributed by atoms with Crippen molar-refractivity contribution in [2.45, 2.75) is 13.2 Å². The van der Waals surface area contributed by atoms with Gasteiger partial charge in [0.25, 0.3) is 0 Å². The molecular formula is C14H17N5OS. The number of rotatable bonds is 2. The van der Waals surface area contributed by atoms with Gasteiger partial charge in [-0.3, -0.25) is 9.30 Å². The Morgan fingerprint density at radius 3 is 2.71 bits per heavy atom. The predicted octanol–water partition coefficient (Wildman–Crippen LogP) is 1.40. The molecule has 7 heteroatoms. The average Bonchev–Trinajstić information content (AvgIpc) is 3.06. The number of anilines is 1. The Morgan fingerprint density at radius 2 is 1.95 bits per heavy atom. The summed E-state index contributed by atoms with van der Waals surface area (Å²) < 4.78 is 6.72. The molecule has 110 valence electrons. The standard InChI is InChI=1S/C14H17N5OS/c1-10(20)17-6-8-18(9-7-17)13-16-21-14-15-11-4-2-3-5-12(11)19(13)14/h2-5,10,20H,6-9H2,1H3. The molecule has 1 unspecified atom stereocenters. The molecular weight excluding hydrogens is 286 g/mol. The van der Waals surface area contributed by atoms with Gasteiger partial charge in [-0.2, -0.15) is 4.37 Å². The molecule has 0 saturated carbocycles. The van der Waals surface area contributed by atoms with E-state index in [0.717, 1.165) is 48.1 Å². The van der Waals surface area contributed by atoms with Crippen LogP contribution in [0.4, 0.5) is 5.95 Å². The SMILES string of the molecule is CC(O)N1CCN(c2nsc3nc4ccccc4n23)CC1. The van der Waals surface area contributed by atoms with Crippen molar-refractivity contribution in [1.29, 1.82) is 0 Å². The van der Waals surface area contributed by atoms with E-state index in [-0.39, 0.29) is 6.23 Å². The third kappa shape index (κ3) is 2.08. The van der Waals surface area contributed by atoms with Crippen LogP contribution in [0, 0.1) is 0 Å². The summed E-state index contributed by atoms with van der Waals surface area (Å²) in [6, 6.07) is 8.15. The summed E-state index contributed by atoms with van der Waals surface area (Å²) in [6.07, 6.45) is -0.378. The number of benzene rings is 1. The Hall–Kier alpha value is -1.70. The molecule has 1 atom stereocenters. The molecule has 1 fully saturated rings. The second-order valence-electron chi connectivity index (χ2n) is 5.36. The monoisotopic (exact) mass is 303 g/mol. The molecule has 0 spiro atoms. The van der Waals surface area contributed by atoms with Crippen molar-refractivity contribution in [3.05, 3.63) is 24.3 Å². The van der Waals surface area contributed by atoms with Crippen LogP contribution in [-0.4, -0.2) is 56.2 Å². The van der Waals surface area contributed by atoms with Crippen molar-refractivity contribution in [3.63, 3.8) is 0 Å². The smallest absolute Gasteiger partial charge is 0.223 e. The zero-order valence-corrected chi connectivity index (χ0v) is 12.6. The molecule has 21 heavy (non-hydrogen) atoms. The number of aliphatic hydroxyl groups is 1. The van der Waals surface area contributed by atoms with E-state index >= 15 is 0 Å². The first-order valence-corrected chi connectivity index (χ1v) is 7.91. The van der Waals surface area contributed by atoms with Gasteiger partial charge in [-0.25, -0.2) is 4.98 Å². The molecule has 0 aliphatic carbocycles. The van der Waals surface area contributed by atoms with Gasteiger partial charge in [0.05, 0.1) is 11.0 Å².